The Morgan fingerprint density at radius 3 is 2.64 bits per heavy atom. The Kier molecular flexibility index (Phi) is 5.00. The van der Waals surface area contributed by atoms with Crippen molar-refractivity contribution in [3.63, 3.8) is 0 Å². The van der Waals surface area contributed by atoms with Gasteiger partial charge in [-0.2, -0.15) is 0 Å². The van der Waals surface area contributed by atoms with Crippen molar-refractivity contribution in [2.24, 2.45) is 5.14 Å². The summed E-state index contributed by atoms with van der Waals surface area (Å²) in [6, 6.07) is 9.95. The van der Waals surface area contributed by atoms with Crippen LogP contribution in [0.25, 0.3) is 0 Å². The normalized spacial score (nSPS) is 12.9. The first-order chi connectivity index (χ1) is 10.3. The van der Waals surface area contributed by atoms with Crippen LogP contribution in [0.15, 0.2) is 46.7 Å². The van der Waals surface area contributed by atoms with E-state index in [0.717, 1.165) is 10.4 Å². The third-order valence-electron chi connectivity index (χ3n) is 3.55. The second-order valence-electron chi connectivity index (χ2n) is 5.05. The Morgan fingerprint density at radius 2 is 2.05 bits per heavy atom. The number of nitrogens with two attached hydrogens (primary N) is 1. The molecule has 118 valence electrons. The first kappa shape index (κ1) is 16.7. The zero-order chi connectivity index (χ0) is 16.3. The number of carbonyl (C=O) groups is 1. The molecule has 2 N–H and O–H groups in total. The van der Waals surface area contributed by atoms with Crippen LogP contribution in [-0.4, -0.2) is 26.3 Å². The molecule has 5 nitrogen and oxygen atoms in total. The summed E-state index contributed by atoms with van der Waals surface area (Å²) in [5.41, 5.74) is 0.730. The predicted molar refractivity (Wildman–Crippen MR) is 87.0 cm³/mol. The van der Waals surface area contributed by atoms with E-state index >= 15 is 0 Å². The Hall–Kier alpha value is -1.70. The van der Waals surface area contributed by atoms with Gasteiger partial charge in [0, 0.05) is 11.9 Å². The summed E-state index contributed by atoms with van der Waals surface area (Å²) in [5.74, 6) is -0.0176. The highest BCUT2D eigenvalue weighted by atomic mass is 32.2. The number of amides is 1. The standard InChI is InChI=1S/C15H18N2O3S2/c1-11(12-5-3-7-14(9-12)22(16,19)20)17(2)15(18)10-13-6-4-8-21-13/h3-9,11H,10H2,1-2H3,(H2,16,19,20)/t11-/m0/s1. The van der Waals surface area contributed by atoms with Crippen LogP contribution in [0.5, 0.6) is 0 Å². The molecule has 0 fully saturated rings. The Bertz CT molecular complexity index is 755. The van der Waals surface area contributed by atoms with E-state index in [0.29, 0.717) is 6.42 Å². The summed E-state index contributed by atoms with van der Waals surface area (Å²) in [4.78, 5) is 15.0. The lowest BCUT2D eigenvalue weighted by Gasteiger charge is -2.25. The molecule has 0 bridgehead atoms. The van der Waals surface area contributed by atoms with Gasteiger partial charge in [-0.05, 0) is 36.1 Å². The highest BCUT2D eigenvalue weighted by molar-refractivity contribution is 7.89. The first-order valence-corrected chi connectivity index (χ1v) is 9.12. The number of sulfonamides is 1. The minimum absolute atomic E-state index is 0.0176. The van der Waals surface area contributed by atoms with Gasteiger partial charge in [-0.1, -0.05) is 18.2 Å². The van der Waals surface area contributed by atoms with Crippen molar-refractivity contribution in [2.75, 3.05) is 7.05 Å². The van der Waals surface area contributed by atoms with Gasteiger partial charge in [0.2, 0.25) is 15.9 Å². The van der Waals surface area contributed by atoms with Gasteiger partial charge >= 0.3 is 0 Å². The molecule has 1 atom stereocenters. The molecule has 7 heteroatoms. The maximum atomic E-state index is 12.3. The molecule has 0 spiro atoms. The maximum absolute atomic E-state index is 12.3. The molecule has 1 amide bonds. The fourth-order valence-electron chi connectivity index (χ4n) is 2.08. The molecule has 1 aromatic carbocycles. The SMILES string of the molecule is C[C@@H](c1cccc(S(N)(=O)=O)c1)N(C)C(=O)Cc1cccs1. The van der Waals surface area contributed by atoms with Crippen LogP contribution in [0.3, 0.4) is 0 Å². The molecule has 0 saturated heterocycles. The van der Waals surface area contributed by atoms with E-state index in [1.54, 1.807) is 24.1 Å². The quantitative estimate of drug-likeness (QED) is 0.907. The van der Waals surface area contributed by atoms with E-state index in [4.69, 9.17) is 5.14 Å². The third-order valence-corrected chi connectivity index (χ3v) is 5.34. The Labute approximate surface area is 134 Å². The lowest BCUT2D eigenvalue weighted by molar-refractivity contribution is -0.131. The number of hydrogen-bond donors (Lipinski definition) is 1. The van der Waals surface area contributed by atoms with E-state index < -0.39 is 10.0 Å². The van der Waals surface area contributed by atoms with Crippen molar-refractivity contribution in [3.8, 4) is 0 Å². The van der Waals surface area contributed by atoms with E-state index in [9.17, 15) is 13.2 Å². The van der Waals surface area contributed by atoms with Crippen molar-refractivity contribution < 1.29 is 13.2 Å². The minimum Gasteiger partial charge on any atom is -0.339 e. The van der Waals surface area contributed by atoms with Crippen LogP contribution < -0.4 is 5.14 Å². The van der Waals surface area contributed by atoms with Gasteiger partial charge in [-0.25, -0.2) is 13.6 Å². The zero-order valence-corrected chi connectivity index (χ0v) is 14.0. The number of carbonyl (C=O) groups excluding carboxylic acids is 1. The molecular weight excluding hydrogens is 320 g/mol. The third kappa shape index (κ3) is 3.94. The van der Waals surface area contributed by atoms with Crippen molar-refractivity contribution in [1.82, 2.24) is 4.90 Å². The van der Waals surface area contributed by atoms with E-state index in [-0.39, 0.29) is 16.8 Å². The highest BCUT2D eigenvalue weighted by Gasteiger charge is 2.19. The monoisotopic (exact) mass is 338 g/mol. The van der Waals surface area contributed by atoms with Crippen LogP contribution >= 0.6 is 11.3 Å². The lowest BCUT2D eigenvalue weighted by Crippen LogP contribution is -2.30. The number of likely N-dealkylation sites (N-methyl/N-ethyl adjacent to an activating group) is 1. The van der Waals surface area contributed by atoms with Crippen molar-refractivity contribution in [1.29, 1.82) is 0 Å². The molecule has 0 aliphatic carbocycles. The maximum Gasteiger partial charge on any atom is 0.238 e. The van der Waals surface area contributed by atoms with Crippen LogP contribution in [0.2, 0.25) is 0 Å². The number of nitrogens with zero attached hydrogens (tertiary/aromatic N) is 1. The van der Waals surface area contributed by atoms with E-state index in [1.807, 2.05) is 24.4 Å². The summed E-state index contributed by atoms with van der Waals surface area (Å²) < 4.78 is 22.8. The fourth-order valence-corrected chi connectivity index (χ4v) is 3.34. The van der Waals surface area contributed by atoms with Gasteiger partial charge in [0.05, 0.1) is 17.4 Å². The molecule has 0 aliphatic rings. The minimum atomic E-state index is -3.75. The molecular formula is C15H18N2O3S2. The molecule has 1 aromatic heterocycles. The lowest BCUT2D eigenvalue weighted by atomic mass is 10.1. The molecule has 0 saturated carbocycles. The van der Waals surface area contributed by atoms with Crippen LogP contribution in [0.1, 0.15) is 23.4 Å². The number of rotatable bonds is 5. The second kappa shape index (κ2) is 6.60. The second-order valence-corrected chi connectivity index (χ2v) is 7.65. The molecule has 0 radical (unpaired) electrons. The first-order valence-electron chi connectivity index (χ1n) is 6.70. The molecule has 0 unspecified atom stereocenters. The Balaban J connectivity index is 2.16. The van der Waals surface area contributed by atoms with Crippen molar-refractivity contribution >= 4 is 27.3 Å². The van der Waals surface area contributed by atoms with Gasteiger partial charge < -0.3 is 4.90 Å². The predicted octanol–water partition coefficient (Wildman–Crippen LogP) is 2.16. The molecule has 22 heavy (non-hydrogen) atoms. The van der Waals surface area contributed by atoms with Crippen LogP contribution in [-0.2, 0) is 21.2 Å². The largest absolute Gasteiger partial charge is 0.339 e. The Morgan fingerprint density at radius 1 is 1.32 bits per heavy atom. The summed E-state index contributed by atoms with van der Waals surface area (Å²) >= 11 is 1.54. The van der Waals surface area contributed by atoms with Crippen LogP contribution in [0.4, 0.5) is 0 Å². The summed E-state index contributed by atoms with van der Waals surface area (Å²) in [6.45, 7) is 1.86. The summed E-state index contributed by atoms with van der Waals surface area (Å²) in [6.07, 6.45) is 0.341. The van der Waals surface area contributed by atoms with Gasteiger partial charge in [0.15, 0.2) is 0 Å². The number of thiophene rings is 1. The number of hydrogen-bond acceptors (Lipinski definition) is 4. The fraction of sp³-hybridized carbons (Fsp3) is 0.267. The zero-order valence-electron chi connectivity index (χ0n) is 12.4. The van der Waals surface area contributed by atoms with E-state index in [1.165, 1.54) is 23.5 Å². The molecule has 2 rings (SSSR count). The van der Waals surface area contributed by atoms with Crippen molar-refractivity contribution in [2.45, 2.75) is 24.3 Å². The van der Waals surface area contributed by atoms with Gasteiger partial charge in [0.25, 0.3) is 0 Å². The number of benzene rings is 1. The molecule has 2 aromatic rings. The average Bonchev–Trinajstić information content (AvgIpc) is 2.97. The number of primary sulfonamides is 1. The van der Waals surface area contributed by atoms with Gasteiger partial charge in [-0.3, -0.25) is 4.79 Å². The smallest absolute Gasteiger partial charge is 0.238 e. The summed E-state index contributed by atoms with van der Waals surface area (Å²) in [5, 5.41) is 7.08. The topological polar surface area (TPSA) is 80.5 Å². The highest BCUT2D eigenvalue weighted by Crippen LogP contribution is 2.22. The molecule has 1 heterocycles. The van der Waals surface area contributed by atoms with E-state index in [2.05, 4.69) is 0 Å². The summed E-state index contributed by atoms with van der Waals surface area (Å²) in [7, 11) is -2.04. The van der Waals surface area contributed by atoms with Crippen LogP contribution in [0, 0.1) is 0 Å². The van der Waals surface area contributed by atoms with Gasteiger partial charge in [-0.15, -0.1) is 11.3 Å². The van der Waals surface area contributed by atoms with Gasteiger partial charge in [0.1, 0.15) is 0 Å². The average molecular weight is 338 g/mol. The van der Waals surface area contributed by atoms with Crippen molar-refractivity contribution in [3.05, 3.63) is 52.2 Å². The molecule has 0 aliphatic heterocycles.